The number of carbonyl (C=O) groups excluding carboxylic acids is 1. The maximum absolute atomic E-state index is 11.8. The number of hydrogen-bond donors (Lipinski definition) is 3. The number of nitrogens with two attached hydrogens (primary N) is 1. The third kappa shape index (κ3) is 5.05. The Kier molecular flexibility index (Phi) is 6.00. The van der Waals surface area contributed by atoms with Gasteiger partial charge < -0.3 is 21.1 Å². The monoisotopic (exact) mass is 251 g/mol. The molecule has 5 nitrogen and oxygen atoms in total. The van der Waals surface area contributed by atoms with Crippen molar-refractivity contribution in [3.8, 4) is 0 Å². The van der Waals surface area contributed by atoms with E-state index in [1.807, 2.05) is 0 Å². The van der Waals surface area contributed by atoms with Gasteiger partial charge in [-0.2, -0.15) is 0 Å². The summed E-state index contributed by atoms with van der Waals surface area (Å²) in [5.74, 6) is 0. The lowest BCUT2D eigenvalue weighted by Gasteiger charge is -2.17. The highest BCUT2D eigenvalue weighted by Gasteiger charge is 2.07. The molecule has 18 heavy (non-hydrogen) atoms. The maximum Gasteiger partial charge on any atom is 0.321 e. The average molecular weight is 251 g/mol. The average Bonchev–Trinajstić information content (AvgIpc) is 2.37. The van der Waals surface area contributed by atoms with Gasteiger partial charge in [-0.05, 0) is 43.5 Å². The highest BCUT2D eigenvalue weighted by molar-refractivity contribution is 5.89. The van der Waals surface area contributed by atoms with Crippen molar-refractivity contribution in [2.75, 3.05) is 31.2 Å². The molecule has 0 aromatic heterocycles. The molecule has 1 aromatic rings. The molecule has 0 saturated heterocycles. The Morgan fingerprint density at radius 3 is 2.56 bits per heavy atom. The largest absolute Gasteiger partial charge is 0.399 e. The zero-order chi connectivity index (χ0) is 13.4. The van der Waals surface area contributed by atoms with Crippen molar-refractivity contribution in [2.45, 2.75) is 19.3 Å². The van der Waals surface area contributed by atoms with Crippen LogP contribution in [0.25, 0.3) is 0 Å². The van der Waals surface area contributed by atoms with Crippen LogP contribution in [0.2, 0.25) is 0 Å². The number of unbranched alkanes of at least 4 members (excludes halogenated alkanes) is 2. The van der Waals surface area contributed by atoms with E-state index >= 15 is 0 Å². The van der Waals surface area contributed by atoms with E-state index in [4.69, 9.17) is 10.8 Å². The van der Waals surface area contributed by atoms with Gasteiger partial charge in [-0.15, -0.1) is 0 Å². The molecule has 0 atom stereocenters. The number of hydrogen-bond acceptors (Lipinski definition) is 3. The summed E-state index contributed by atoms with van der Waals surface area (Å²) < 4.78 is 0. The molecule has 0 bridgehead atoms. The second kappa shape index (κ2) is 7.55. The van der Waals surface area contributed by atoms with Gasteiger partial charge in [0.2, 0.25) is 0 Å². The summed E-state index contributed by atoms with van der Waals surface area (Å²) in [6, 6.07) is 6.90. The van der Waals surface area contributed by atoms with Crippen molar-refractivity contribution in [2.24, 2.45) is 0 Å². The molecule has 4 N–H and O–H groups in total. The van der Waals surface area contributed by atoms with E-state index in [0.29, 0.717) is 12.2 Å². The van der Waals surface area contributed by atoms with E-state index in [-0.39, 0.29) is 12.6 Å². The molecule has 0 saturated carbocycles. The van der Waals surface area contributed by atoms with Gasteiger partial charge in [0, 0.05) is 31.6 Å². The Balaban J connectivity index is 2.33. The lowest BCUT2D eigenvalue weighted by molar-refractivity contribution is 0.220. The fraction of sp³-hybridized carbons (Fsp3) is 0.462. The minimum absolute atomic E-state index is 0.135. The van der Waals surface area contributed by atoms with Crippen molar-refractivity contribution in [1.29, 1.82) is 0 Å². The fourth-order valence-corrected chi connectivity index (χ4v) is 1.52. The van der Waals surface area contributed by atoms with Gasteiger partial charge in [0.25, 0.3) is 0 Å². The van der Waals surface area contributed by atoms with Gasteiger partial charge in [0.05, 0.1) is 0 Å². The predicted octanol–water partition coefficient (Wildman–Crippen LogP) is 1.90. The normalized spacial score (nSPS) is 10.1. The zero-order valence-corrected chi connectivity index (χ0v) is 10.7. The highest BCUT2D eigenvalue weighted by Crippen LogP contribution is 2.11. The third-order valence-electron chi connectivity index (χ3n) is 2.66. The first-order valence-electron chi connectivity index (χ1n) is 6.12. The summed E-state index contributed by atoms with van der Waals surface area (Å²) >= 11 is 0. The van der Waals surface area contributed by atoms with Gasteiger partial charge in [-0.25, -0.2) is 4.79 Å². The lowest BCUT2D eigenvalue weighted by atomic mass is 10.2. The van der Waals surface area contributed by atoms with E-state index in [2.05, 4.69) is 5.32 Å². The minimum Gasteiger partial charge on any atom is -0.399 e. The van der Waals surface area contributed by atoms with Gasteiger partial charge in [0.1, 0.15) is 0 Å². The molecule has 0 aliphatic heterocycles. The van der Waals surface area contributed by atoms with Crippen molar-refractivity contribution < 1.29 is 9.90 Å². The topological polar surface area (TPSA) is 78.6 Å². The van der Waals surface area contributed by atoms with Crippen LogP contribution in [-0.4, -0.2) is 36.2 Å². The molecular formula is C13H21N3O2. The van der Waals surface area contributed by atoms with Crippen molar-refractivity contribution >= 4 is 17.4 Å². The van der Waals surface area contributed by atoms with Crippen LogP contribution >= 0.6 is 0 Å². The first kappa shape index (κ1) is 14.3. The Labute approximate surface area is 108 Å². The molecule has 0 unspecified atom stereocenters. The van der Waals surface area contributed by atoms with Crippen LogP contribution in [0, 0.1) is 0 Å². The fourth-order valence-electron chi connectivity index (χ4n) is 1.52. The smallest absolute Gasteiger partial charge is 0.321 e. The Bertz CT molecular complexity index is 365. The van der Waals surface area contributed by atoms with Crippen molar-refractivity contribution in [3.63, 3.8) is 0 Å². The van der Waals surface area contributed by atoms with Crippen LogP contribution in [0.3, 0.4) is 0 Å². The van der Waals surface area contributed by atoms with Crippen LogP contribution < -0.4 is 11.1 Å². The first-order valence-corrected chi connectivity index (χ1v) is 6.12. The summed E-state index contributed by atoms with van der Waals surface area (Å²) in [7, 11) is 1.76. The van der Waals surface area contributed by atoms with E-state index in [1.54, 1.807) is 36.2 Å². The summed E-state index contributed by atoms with van der Waals surface area (Å²) in [4.78, 5) is 13.4. The summed E-state index contributed by atoms with van der Waals surface area (Å²) in [6.07, 6.45) is 2.61. The molecule has 0 spiro atoms. The molecule has 0 radical (unpaired) electrons. The molecule has 100 valence electrons. The van der Waals surface area contributed by atoms with Crippen molar-refractivity contribution in [1.82, 2.24) is 4.90 Å². The molecule has 2 amide bonds. The predicted molar refractivity (Wildman–Crippen MR) is 73.4 cm³/mol. The van der Waals surface area contributed by atoms with Crippen LogP contribution in [0.4, 0.5) is 16.2 Å². The molecule has 1 rings (SSSR count). The maximum atomic E-state index is 11.8. The van der Waals surface area contributed by atoms with Crippen LogP contribution in [-0.2, 0) is 0 Å². The van der Waals surface area contributed by atoms with Gasteiger partial charge in [-0.3, -0.25) is 0 Å². The number of amides is 2. The SMILES string of the molecule is CN(CCCCCO)C(=O)Nc1ccc(N)cc1. The molecule has 0 aliphatic carbocycles. The Morgan fingerprint density at radius 1 is 1.28 bits per heavy atom. The number of benzene rings is 1. The van der Waals surface area contributed by atoms with E-state index in [0.717, 1.165) is 24.9 Å². The molecule has 0 aliphatic rings. The minimum atomic E-state index is -0.135. The molecule has 5 heteroatoms. The summed E-state index contributed by atoms with van der Waals surface area (Å²) in [6.45, 7) is 0.891. The Hall–Kier alpha value is -1.75. The van der Waals surface area contributed by atoms with Gasteiger partial charge in [-0.1, -0.05) is 0 Å². The molecule has 0 heterocycles. The number of aliphatic hydroxyl groups is 1. The number of rotatable bonds is 6. The molecule has 1 aromatic carbocycles. The summed E-state index contributed by atoms with van der Waals surface area (Å²) in [5, 5.41) is 11.4. The van der Waals surface area contributed by atoms with Crippen molar-refractivity contribution in [3.05, 3.63) is 24.3 Å². The van der Waals surface area contributed by atoms with E-state index in [1.165, 1.54) is 0 Å². The quantitative estimate of drug-likeness (QED) is 0.533. The van der Waals surface area contributed by atoms with E-state index in [9.17, 15) is 4.79 Å². The van der Waals surface area contributed by atoms with Crippen LogP contribution in [0.15, 0.2) is 24.3 Å². The standard InChI is InChI=1S/C13H21N3O2/c1-16(9-3-2-4-10-17)13(18)15-12-7-5-11(14)6-8-12/h5-8,17H,2-4,9-10,14H2,1H3,(H,15,18). The summed E-state index contributed by atoms with van der Waals surface area (Å²) in [5.41, 5.74) is 6.97. The Morgan fingerprint density at radius 2 is 1.94 bits per heavy atom. The number of nitrogens with zero attached hydrogens (tertiary/aromatic N) is 1. The van der Waals surface area contributed by atoms with E-state index < -0.39 is 0 Å². The van der Waals surface area contributed by atoms with Gasteiger partial charge >= 0.3 is 6.03 Å². The second-order valence-electron chi connectivity index (χ2n) is 4.26. The molecule has 0 fully saturated rings. The van der Waals surface area contributed by atoms with Crippen LogP contribution in [0.1, 0.15) is 19.3 Å². The third-order valence-corrected chi connectivity index (χ3v) is 2.66. The van der Waals surface area contributed by atoms with Crippen LogP contribution in [0.5, 0.6) is 0 Å². The lowest BCUT2D eigenvalue weighted by Crippen LogP contribution is -2.32. The highest BCUT2D eigenvalue weighted by atomic mass is 16.2. The number of carbonyl (C=O) groups is 1. The zero-order valence-electron chi connectivity index (χ0n) is 10.7. The number of anilines is 2. The first-order chi connectivity index (χ1) is 8.63. The number of nitrogens with one attached hydrogen (secondary N) is 1. The van der Waals surface area contributed by atoms with Gasteiger partial charge in [0.15, 0.2) is 0 Å². The molecular weight excluding hydrogens is 230 g/mol. The number of urea groups is 1. The number of aliphatic hydroxyl groups excluding tert-OH is 1. The number of nitrogen functional groups attached to an aromatic ring is 1. The second-order valence-corrected chi connectivity index (χ2v) is 4.26.